The second-order valence-electron chi connectivity index (χ2n) is 6.24. The molecule has 0 radical (unpaired) electrons. The van der Waals surface area contributed by atoms with Crippen molar-refractivity contribution >= 4 is 46.6 Å². The Bertz CT molecular complexity index is 768. The summed E-state index contributed by atoms with van der Waals surface area (Å²) in [4.78, 5) is 8.16. The van der Waals surface area contributed by atoms with Gasteiger partial charge in [-0.05, 0) is 18.2 Å². The summed E-state index contributed by atoms with van der Waals surface area (Å²) in [5, 5.41) is 4.32. The Morgan fingerprint density at radius 1 is 1.08 bits per heavy atom. The Morgan fingerprint density at radius 2 is 1.73 bits per heavy atom. The highest BCUT2D eigenvalue weighted by molar-refractivity contribution is 6.39. The van der Waals surface area contributed by atoms with E-state index in [2.05, 4.69) is 16.4 Å². The van der Waals surface area contributed by atoms with E-state index in [-0.39, 0.29) is 0 Å². The second-order valence-corrected chi connectivity index (χ2v) is 7.06. The summed E-state index contributed by atoms with van der Waals surface area (Å²) in [5.41, 5.74) is 3.50. The number of ether oxygens (including phenoxy) is 1. The van der Waals surface area contributed by atoms with Crippen LogP contribution in [0.25, 0.3) is 0 Å². The van der Waals surface area contributed by atoms with Crippen molar-refractivity contribution in [1.82, 2.24) is 4.90 Å². The van der Waals surface area contributed by atoms with Gasteiger partial charge in [0, 0.05) is 57.7 Å². The molecule has 0 spiro atoms. The standard InChI is InChI=1S/C19H24Cl2N4O/c1-24(2)12-23-19-16(20)8-14(9-17(19)21)22-11-13-6-7-15(25(3)4)10-18(13)26-5/h6-10,12,22H,11H2,1-5H3/b23-12-. The first-order valence-corrected chi connectivity index (χ1v) is 8.85. The summed E-state index contributed by atoms with van der Waals surface area (Å²) < 4.78 is 5.50. The van der Waals surface area contributed by atoms with Crippen molar-refractivity contribution in [2.75, 3.05) is 45.5 Å². The van der Waals surface area contributed by atoms with Crippen LogP contribution in [0, 0.1) is 0 Å². The minimum atomic E-state index is 0.494. The number of halogens is 2. The zero-order valence-corrected chi connectivity index (χ0v) is 17.2. The first-order valence-electron chi connectivity index (χ1n) is 8.09. The van der Waals surface area contributed by atoms with Crippen molar-refractivity contribution in [3.63, 3.8) is 0 Å². The van der Waals surface area contributed by atoms with Gasteiger partial charge in [-0.25, -0.2) is 4.99 Å². The van der Waals surface area contributed by atoms with Crippen LogP contribution in [0.4, 0.5) is 17.1 Å². The predicted octanol–water partition coefficient (Wildman–Crippen LogP) is 4.90. The first kappa shape index (κ1) is 20.2. The van der Waals surface area contributed by atoms with E-state index in [1.54, 1.807) is 13.4 Å². The maximum atomic E-state index is 6.33. The van der Waals surface area contributed by atoms with Gasteiger partial charge in [0.1, 0.15) is 11.4 Å². The monoisotopic (exact) mass is 394 g/mol. The first-order chi connectivity index (χ1) is 12.3. The molecule has 0 saturated carbocycles. The van der Waals surface area contributed by atoms with Gasteiger partial charge in [0.2, 0.25) is 0 Å². The normalized spacial score (nSPS) is 10.9. The van der Waals surface area contributed by atoms with E-state index in [4.69, 9.17) is 27.9 Å². The van der Waals surface area contributed by atoms with Gasteiger partial charge in [0.25, 0.3) is 0 Å². The van der Waals surface area contributed by atoms with Crippen LogP contribution >= 0.6 is 23.2 Å². The smallest absolute Gasteiger partial charge is 0.125 e. The summed E-state index contributed by atoms with van der Waals surface area (Å²) in [6.07, 6.45) is 1.66. The Balaban J connectivity index is 2.17. The second kappa shape index (κ2) is 9.01. The number of rotatable bonds is 7. The van der Waals surface area contributed by atoms with Crippen molar-refractivity contribution in [1.29, 1.82) is 0 Å². The predicted molar refractivity (Wildman–Crippen MR) is 113 cm³/mol. The zero-order chi connectivity index (χ0) is 19.3. The number of anilines is 2. The van der Waals surface area contributed by atoms with Crippen LogP contribution in [0.1, 0.15) is 5.56 Å². The molecule has 2 aromatic carbocycles. The molecular formula is C19H24Cl2N4O. The number of hydrogen-bond donors (Lipinski definition) is 1. The molecule has 0 amide bonds. The third-order valence-electron chi connectivity index (χ3n) is 3.70. The fraction of sp³-hybridized carbons (Fsp3) is 0.316. The maximum Gasteiger partial charge on any atom is 0.125 e. The minimum Gasteiger partial charge on any atom is -0.496 e. The molecule has 0 atom stereocenters. The fourth-order valence-corrected chi connectivity index (χ4v) is 2.90. The highest BCUT2D eigenvalue weighted by Gasteiger charge is 2.09. The van der Waals surface area contributed by atoms with Crippen LogP contribution in [-0.2, 0) is 6.54 Å². The zero-order valence-electron chi connectivity index (χ0n) is 15.7. The average Bonchev–Trinajstić information content (AvgIpc) is 2.58. The molecule has 1 N–H and O–H groups in total. The van der Waals surface area contributed by atoms with Crippen LogP contribution < -0.4 is 15.0 Å². The summed E-state index contributed by atoms with van der Waals surface area (Å²) in [6.45, 7) is 0.587. The highest BCUT2D eigenvalue weighted by Crippen LogP contribution is 2.36. The van der Waals surface area contributed by atoms with Gasteiger partial charge in [-0.2, -0.15) is 0 Å². The number of nitrogens with one attached hydrogen (secondary N) is 1. The molecule has 2 aromatic rings. The van der Waals surface area contributed by atoms with E-state index in [9.17, 15) is 0 Å². The Hall–Kier alpha value is -2.11. The molecule has 5 nitrogen and oxygen atoms in total. The lowest BCUT2D eigenvalue weighted by Crippen LogP contribution is -2.09. The van der Waals surface area contributed by atoms with Gasteiger partial charge in [-0.3, -0.25) is 0 Å². The molecule has 0 aromatic heterocycles. The number of benzene rings is 2. The molecule has 140 valence electrons. The van der Waals surface area contributed by atoms with Crippen molar-refractivity contribution in [3.05, 3.63) is 45.9 Å². The van der Waals surface area contributed by atoms with Crippen LogP contribution in [0.5, 0.6) is 5.75 Å². The highest BCUT2D eigenvalue weighted by atomic mass is 35.5. The Morgan fingerprint density at radius 3 is 2.27 bits per heavy atom. The minimum absolute atomic E-state index is 0.494. The Kier molecular flexibility index (Phi) is 7.00. The largest absolute Gasteiger partial charge is 0.496 e. The van der Waals surface area contributed by atoms with E-state index in [1.807, 2.05) is 62.3 Å². The average molecular weight is 395 g/mol. The molecular weight excluding hydrogens is 371 g/mol. The lowest BCUT2D eigenvalue weighted by atomic mass is 10.1. The van der Waals surface area contributed by atoms with Crippen molar-refractivity contribution < 1.29 is 4.74 Å². The summed E-state index contributed by atoms with van der Waals surface area (Å²) in [7, 11) is 9.43. The number of methoxy groups -OCH3 is 1. The molecule has 26 heavy (non-hydrogen) atoms. The lowest BCUT2D eigenvalue weighted by molar-refractivity contribution is 0.410. The molecule has 0 aliphatic rings. The number of aliphatic imine (C=N–C) groups is 1. The van der Waals surface area contributed by atoms with E-state index >= 15 is 0 Å². The van der Waals surface area contributed by atoms with Gasteiger partial charge < -0.3 is 19.9 Å². The van der Waals surface area contributed by atoms with Crippen molar-refractivity contribution in [2.45, 2.75) is 6.54 Å². The van der Waals surface area contributed by atoms with Crippen LogP contribution in [-0.4, -0.2) is 46.5 Å². The van der Waals surface area contributed by atoms with Crippen LogP contribution in [0.15, 0.2) is 35.3 Å². The van der Waals surface area contributed by atoms with Gasteiger partial charge in [0.15, 0.2) is 0 Å². The molecule has 0 bridgehead atoms. The van der Waals surface area contributed by atoms with Gasteiger partial charge in [-0.15, -0.1) is 0 Å². The van der Waals surface area contributed by atoms with E-state index in [0.29, 0.717) is 22.3 Å². The van der Waals surface area contributed by atoms with E-state index in [1.165, 1.54) is 0 Å². The molecule has 0 fully saturated rings. The number of hydrogen-bond acceptors (Lipinski definition) is 4. The SMILES string of the molecule is COc1cc(N(C)C)ccc1CNc1cc(Cl)c(/N=C\N(C)C)c(Cl)c1. The topological polar surface area (TPSA) is 40.1 Å². The summed E-state index contributed by atoms with van der Waals surface area (Å²) >= 11 is 12.7. The van der Waals surface area contributed by atoms with Gasteiger partial charge in [-0.1, -0.05) is 29.3 Å². The van der Waals surface area contributed by atoms with Gasteiger partial charge >= 0.3 is 0 Å². The Labute approximate surface area is 165 Å². The third-order valence-corrected chi connectivity index (χ3v) is 4.28. The molecule has 2 rings (SSSR count). The number of nitrogens with zero attached hydrogens (tertiary/aromatic N) is 3. The maximum absolute atomic E-state index is 6.33. The third kappa shape index (κ3) is 5.19. The molecule has 0 aliphatic heterocycles. The fourth-order valence-electron chi connectivity index (χ4n) is 2.32. The molecule has 0 unspecified atom stereocenters. The summed E-state index contributed by atoms with van der Waals surface area (Å²) in [6, 6.07) is 9.74. The van der Waals surface area contributed by atoms with Crippen LogP contribution in [0.3, 0.4) is 0 Å². The lowest BCUT2D eigenvalue weighted by Gasteiger charge is -2.17. The quantitative estimate of drug-likeness (QED) is 0.535. The van der Waals surface area contributed by atoms with E-state index < -0.39 is 0 Å². The van der Waals surface area contributed by atoms with Crippen molar-refractivity contribution in [2.24, 2.45) is 4.99 Å². The van der Waals surface area contributed by atoms with Gasteiger partial charge in [0.05, 0.1) is 23.5 Å². The molecule has 0 aliphatic carbocycles. The van der Waals surface area contributed by atoms with Crippen molar-refractivity contribution in [3.8, 4) is 5.75 Å². The van der Waals surface area contributed by atoms with Crippen LogP contribution in [0.2, 0.25) is 10.0 Å². The molecule has 7 heteroatoms. The summed E-state index contributed by atoms with van der Waals surface area (Å²) in [5.74, 6) is 0.827. The molecule has 0 heterocycles. The van der Waals surface area contributed by atoms with E-state index in [0.717, 1.165) is 22.7 Å². The molecule has 0 saturated heterocycles.